The molecule has 4 aliphatic carbocycles. The zero-order chi connectivity index (χ0) is 62.1. The molecule has 4 N–H and O–H groups in total. The van der Waals surface area contributed by atoms with Crippen molar-refractivity contribution in [2.24, 2.45) is 46.3 Å². The third-order valence-electron chi connectivity index (χ3n) is 19.7. The molecule has 4 fully saturated rings. The number of amides is 5. The Morgan fingerprint density at radius 2 is 1.11 bits per heavy atom. The summed E-state index contributed by atoms with van der Waals surface area (Å²) in [6, 6.07) is 42.3. The fourth-order valence-electron chi connectivity index (χ4n) is 15.5. The third kappa shape index (κ3) is 12.2. The second kappa shape index (κ2) is 24.6. The first-order valence-electron chi connectivity index (χ1n) is 29.9. The standard InChI is InChI=1S/C68H71N7O13/c1-6-31-73(5)60(76)28-19-41(2)56-26-27-57-61-58(39-59(67(56,57)4)86-63(78)70-50-24-21-43-14-8-11-17-46(43)33-50)66(3)30-29-55(85-62(77)69-49-23-20-42-13-7-10-16-45(42)32-49)35-48(66)40-68(61,87-64(79)71-51-25-22-44-15-9-12-18-47(44)34-51)88-65(80)72-52-36-53(74(81)82)38-54(37-52)75(83)84/h6-18,20-25,32-34,36-38,41,48,55-59,61H,1,19,26-31,35,39-40H2,2-5H3,(H,69,77)(H,70,78)(H,71,79)(H,72,80)/t41-,48?,55-,56-,57+,58+,59+,61+,66+,67-,68+/m1/s1. The molecule has 0 bridgehead atoms. The molecule has 5 amide bonds. The van der Waals surface area contributed by atoms with Gasteiger partial charge in [0, 0.05) is 67.0 Å². The Labute approximate surface area is 508 Å². The summed E-state index contributed by atoms with van der Waals surface area (Å²) in [4.78, 5) is 96.7. The Morgan fingerprint density at radius 3 is 1.62 bits per heavy atom. The molecule has 0 aliphatic heterocycles. The topological polar surface area (TPSA) is 260 Å². The molecule has 7 aromatic carbocycles. The van der Waals surface area contributed by atoms with Gasteiger partial charge in [0.15, 0.2) is 0 Å². The van der Waals surface area contributed by atoms with Crippen molar-refractivity contribution >= 4 is 96.7 Å². The summed E-state index contributed by atoms with van der Waals surface area (Å²) in [5.74, 6) is -5.08. The number of anilines is 4. The highest BCUT2D eigenvalue weighted by Gasteiger charge is 2.73. The van der Waals surface area contributed by atoms with Crippen molar-refractivity contribution in [1.82, 2.24) is 4.90 Å². The van der Waals surface area contributed by atoms with E-state index >= 15 is 9.59 Å². The summed E-state index contributed by atoms with van der Waals surface area (Å²) in [7, 11) is 1.73. The number of nitrogens with zero attached hydrogens (tertiary/aromatic N) is 3. The number of fused-ring (bicyclic) bond motifs is 8. The van der Waals surface area contributed by atoms with E-state index in [-0.39, 0.29) is 49.1 Å². The van der Waals surface area contributed by atoms with E-state index in [4.69, 9.17) is 18.9 Å². The van der Waals surface area contributed by atoms with Crippen LogP contribution in [-0.2, 0) is 23.7 Å². The quantitative estimate of drug-likeness (QED) is 0.0231. The second-order valence-electron chi connectivity index (χ2n) is 24.7. The predicted molar refractivity (Wildman–Crippen MR) is 335 cm³/mol. The highest BCUT2D eigenvalue weighted by atomic mass is 16.7. The van der Waals surface area contributed by atoms with Crippen LogP contribution in [0.5, 0.6) is 0 Å². The molecule has 0 heterocycles. The van der Waals surface area contributed by atoms with Crippen LogP contribution in [0.1, 0.15) is 78.6 Å². The average Bonchev–Trinajstić information content (AvgIpc) is 1.21. The number of hydrogen-bond acceptors (Lipinski definition) is 13. The Bertz CT molecular complexity index is 3870. The van der Waals surface area contributed by atoms with Crippen LogP contribution in [0.3, 0.4) is 0 Å². The Balaban J connectivity index is 1.01. The minimum Gasteiger partial charge on any atom is -0.446 e. The van der Waals surface area contributed by atoms with E-state index in [1.54, 1.807) is 36.2 Å². The van der Waals surface area contributed by atoms with Crippen LogP contribution in [0.2, 0.25) is 0 Å². The molecule has 4 aliphatic rings. The molecule has 1 unspecified atom stereocenters. The lowest BCUT2D eigenvalue weighted by Crippen LogP contribution is -2.69. The van der Waals surface area contributed by atoms with Crippen LogP contribution in [-0.4, -0.2) is 76.6 Å². The number of rotatable bonds is 16. The SMILES string of the molecule is C=CCN(C)C(=O)CC[C@@H](C)[C@H]1CC[C@H]2[C@H]3[C@H](C[C@H](OC(=O)Nc4ccc5ccccc5c4)[C@]12C)[C@@]1(C)CC[C@@H](OC(=O)Nc2ccc4ccccc4c2)CC1C[C@@]3(OC(=O)Nc1cc([N+](=O)[O-])cc([N+](=O)[O-])c1)OC(=O)Nc1ccc2ccccc2c1. The maximum atomic E-state index is 15.1. The van der Waals surface area contributed by atoms with Crippen LogP contribution < -0.4 is 21.3 Å². The molecule has 456 valence electrons. The summed E-state index contributed by atoms with van der Waals surface area (Å²) >= 11 is 0. The van der Waals surface area contributed by atoms with Crippen molar-refractivity contribution in [3.8, 4) is 0 Å². The van der Waals surface area contributed by atoms with Gasteiger partial charge in [-0.05, 0) is 149 Å². The van der Waals surface area contributed by atoms with E-state index in [0.717, 1.165) is 50.5 Å². The van der Waals surface area contributed by atoms with Gasteiger partial charge in [-0.15, -0.1) is 6.58 Å². The first kappa shape index (κ1) is 60.1. The number of likely N-dealkylation sites (N-methyl/N-ethyl adjacent to an activating group) is 1. The van der Waals surface area contributed by atoms with Gasteiger partial charge in [-0.2, -0.15) is 0 Å². The van der Waals surface area contributed by atoms with Crippen LogP contribution in [0, 0.1) is 66.6 Å². The summed E-state index contributed by atoms with van der Waals surface area (Å²) in [5, 5.41) is 41.1. The minimum absolute atomic E-state index is 0.0620. The maximum Gasteiger partial charge on any atom is 0.414 e. The number of nitro benzene ring substituents is 2. The van der Waals surface area contributed by atoms with Crippen LogP contribution >= 0.6 is 0 Å². The minimum atomic E-state index is -2.20. The van der Waals surface area contributed by atoms with E-state index in [1.165, 1.54) is 0 Å². The normalized spacial score (nSPS) is 25.5. The van der Waals surface area contributed by atoms with Crippen LogP contribution in [0.15, 0.2) is 158 Å². The van der Waals surface area contributed by atoms with E-state index in [0.29, 0.717) is 55.7 Å². The van der Waals surface area contributed by atoms with Crippen molar-refractivity contribution in [3.05, 3.63) is 178 Å². The van der Waals surface area contributed by atoms with Gasteiger partial charge in [0.1, 0.15) is 12.2 Å². The number of carbonyl (C=O) groups is 5. The fourth-order valence-corrected chi connectivity index (χ4v) is 15.5. The Morgan fingerprint density at radius 1 is 0.625 bits per heavy atom. The summed E-state index contributed by atoms with van der Waals surface area (Å²) < 4.78 is 26.8. The summed E-state index contributed by atoms with van der Waals surface area (Å²) in [6.07, 6.45) is -0.456. The van der Waals surface area contributed by atoms with Gasteiger partial charge in [-0.25, -0.2) is 19.2 Å². The van der Waals surface area contributed by atoms with Gasteiger partial charge < -0.3 is 23.8 Å². The number of nitro groups is 2. The number of ether oxygens (including phenoxy) is 4. The molecule has 7 aromatic rings. The number of carbonyl (C=O) groups excluding carboxylic acids is 5. The monoisotopic (exact) mass is 1190 g/mol. The second-order valence-corrected chi connectivity index (χ2v) is 24.7. The molecule has 88 heavy (non-hydrogen) atoms. The zero-order valence-corrected chi connectivity index (χ0v) is 49.5. The average molecular weight is 1190 g/mol. The molecule has 0 saturated heterocycles. The van der Waals surface area contributed by atoms with Crippen molar-refractivity contribution in [1.29, 1.82) is 0 Å². The number of nitrogens with one attached hydrogen (secondary N) is 4. The highest BCUT2D eigenvalue weighted by molar-refractivity contribution is 5.94. The van der Waals surface area contributed by atoms with Gasteiger partial charge in [-0.1, -0.05) is 118 Å². The van der Waals surface area contributed by atoms with E-state index in [2.05, 4.69) is 48.6 Å². The van der Waals surface area contributed by atoms with Crippen molar-refractivity contribution < 1.29 is 52.8 Å². The zero-order valence-electron chi connectivity index (χ0n) is 49.5. The first-order chi connectivity index (χ1) is 42.2. The lowest BCUT2D eigenvalue weighted by Gasteiger charge is -2.66. The van der Waals surface area contributed by atoms with Gasteiger partial charge >= 0.3 is 24.4 Å². The molecule has 0 spiro atoms. The van der Waals surface area contributed by atoms with Gasteiger partial charge in [-0.3, -0.25) is 46.3 Å². The molecule has 20 heteroatoms. The molecule has 0 radical (unpaired) electrons. The fraction of sp³-hybridized carbons (Fsp3) is 0.368. The van der Waals surface area contributed by atoms with Crippen LogP contribution in [0.4, 0.5) is 53.3 Å². The Hall–Kier alpha value is -9.59. The molecule has 20 nitrogen and oxygen atoms in total. The van der Waals surface area contributed by atoms with Crippen molar-refractivity contribution in [2.45, 2.75) is 96.6 Å². The molecule has 11 rings (SSSR count). The molecular formula is C68H71N7O13. The van der Waals surface area contributed by atoms with Crippen molar-refractivity contribution in [3.63, 3.8) is 0 Å². The predicted octanol–water partition coefficient (Wildman–Crippen LogP) is 15.6. The molecular weight excluding hydrogens is 1120 g/mol. The van der Waals surface area contributed by atoms with Gasteiger partial charge in [0.05, 0.1) is 21.6 Å². The van der Waals surface area contributed by atoms with E-state index in [1.807, 2.05) is 109 Å². The number of benzene rings is 7. The van der Waals surface area contributed by atoms with E-state index < -0.39 is 98.1 Å². The molecule has 0 aromatic heterocycles. The van der Waals surface area contributed by atoms with Crippen LogP contribution in [0.25, 0.3) is 32.3 Å². The number of hydrogen-bond donors (Lipinski definition) is 4. The molecule has 4 saturated carbocycles. The molecule has 11 atom stereocenters. The summed E-state index contributed by atoms with van der Waals surface area (Å²) in [6.45, 7) is 10.5. The van der Waals surface area contributed by atoms with E-state index in [9.17, 15) is 34.6 Å². The van der Waals surface area contributed by atoms with Gasteiger partial charge in [0.25, 0.3) is 17.2 Å². The number of non-ortho nitro benzene ring substituents is 2. The van der Waals surface area contributed by atoms with Crippen molar-refractivity contribution in [2.75, 3.05) is 34.9 Å². The first-order valence-corrected chi connectivity index (χ1v) is 29.9. The lowest BCUT2D eigenvalue weighted by molar-refractivity contribution is -0.394. The maximum absolute atomic E-state index is 15.1. The largest absolute Gasteiger partial charge is 0.446 e. The lowest BCUT2D eigenvalue weighted by atomic mass is 9.42. The van der Waals surface area contributed by atoms with Gasteiger partial charge in [0.2, 0.25) is 5.91 Å². The highest BCUT2D eigenvalue weighted by Crippen LogP contribution is 2.72. The smallest absolute Gasteiger partial charge is 0.414 e. The third-order valence-corrected chi connectivity index (χ3v) is 19.7. The summed E-state index contributed by atoms with van der Waals surface area (Å²) in [5.41, 5.74) is -1.90. The Kier molecular flexibility index (Phi) is 16.8.